The number of aromatic nitrogens is 2. The Morgan fingerprint density at radius 3 is 2.92 bits per heavy atom. The highest BCUT2D eigenvalue weighted by molar-refractivity contribution is 8.00. The van der Waals surface area contributed by atoms with Gasteiger partial charge in [0.1, 0.15) is 0 Å². The molecule has 0 fully saturated rings. The minimum absolute atomic E-state index is 0.0346. The van der Waals surface area contributed by atoms with Gasteiger partial charge < -0.3 is 10.6 Å². The van der Waals surface area contributed by atoms with Crippen LogP contribution >= 0.6 is 11.8 Å². The largest absolute Gasteiger partial charge is 0.352 e. The zero-order valence-corrected chi connectivity index (χ0v) is 14.8. The topological polar surface area (TPSA) is 76.0 Å². The fourth-order valence-electron chi connectivity index (χ4n) is 2.81. The quantitative estimate of drug-likeness (QED) is 0.890. The van der Waals surface area contributed by atoms with E-state index in [4.69, 9.17) is 0 Å². The first-order valence-corrected chi connectivity index (χ1v) is 8.78. The summed E-state index contributed by atoms with van der Waals surface area (Å²) in [6.07, 6.45) is 0.745. The molecule has 3 rings (SSSR count). The van der Waals surface area contributed by atoms with Crippen LogP contribution in [0.15, 0.2) is 23.1 Å². The molecule has 0 aliphatic carbocycles. The molecular weight excluding hydrogens is 324 g/mol. The van der Waals surface area contributed by atoms with Crippen molar-refractivity contribution in [3.63, 3.8) is 0 Å². The number of hydrogen-bond donors (Lipinski definition) is 2. The molecule has 0 spiro atoms. The second-order valence-corrected chi connectivity index (χ2v) is 6.84. The highest BCUT2D eigenvalue weighted by Crippen LogP contribution is 2.31. The van der Waals surface area contributed by atoms with Gasteiger partial charge in [0.15, 0.2) is 0 Å². The van der Waals surface area contributed by atoms with Gasteiger partial charge in [-0.25, -0.2) is 0 Å². The molecule has 2 amide bonds. The van der Waals surface area contributed by atoms with Crippen LogP contribution in [0.1, 0.15) is 27.3 Å². The third-order valence-electron chi connectivity index (χ3n) is 4.19. The number of rotatable bonds is 4. The molecule has 0 saturated heterocycles. The Labute approximate surface area is 145 Å². The lowest BCUT2D eigenvalue weighted by Gasteiger charge is -2.17. The molecule has 0 bridgehead atoms. The summed E-state index contributed by atoms with van der Waals surface area (Å²) in [6, 6.07) is 5.40. The first kappa shape index (κ1) is 16.6. The average molecular weight is 344 g/mol. The molecule has 126 valence electrons. The van der Waals surface area contributed by atoms with Gasteiger partial charge in [-0.2, -0.15) is 5.10 Å². The number of aryl methyl sites for hydroxylation is 2. The lowest BCUT2D eigenvalue weighted by atomic mass is 10.1. The van der Waals surface area contributed by atoms with E-state index in [0.29, 0.717) is 23.5 Å². The number of carbonyl (C=O) groups is 2. The van der Waals surface area contributed by atoms with E-state index < -0.39 is 0 Å². The molecule has 2 heterocycles. The Balaban J connectivity index is 1.63. The summed E-state index contributed by atoms with van der Waals surface area (Å²) in [6.45, 7) is 4.55. The Kier molecular flexibility index (Phi) is 4.62. The molecule has 2 aromatic rings. The monoisotopic (exact) mass is 344 g/mol. The maximum absolute atomic E-state index is 12.3. The molecule has 1 aromatic heterocycles. The highest BCUT2D eigenvalue weighted by Gasteiger charge is 2.17. The van der Waals surface area contributed by atoms with Crippen molar-refractivity contribution in [1.29, 1.82) is 0 Å². The summed E-state index contributed by atoms with van der Waals surface area (Å²) < 4.78 is 1.86. The lowest BCUT2D eigenvalue weighted by molar-refractivity contribution is -0.113. The minimum atomic E-state index is -0.137. The van der Waals surface area contributed by atoms with E-state index in [2.05, 4.69) is 15.7 Å². The predicted molar refractivity (Wildman–Crippen MR) is 94.5 cm³/mol. The predicted octanol–water partition coefficient (Wildman–Crippen LogP) is 2.05. The second kappa shape index (κ2) is 6.68. The summed E-state index contributed by atoms with van der Waals surface area (Å²) in [5.41, 5.74) is 4.55. The van der Waals surface area contributed by atoms with E-state index in [1.165, 1.54) is 17.3 Å². The standard InChI is InChI=1S/C17H20N4O2S/c1-10-13(11(2)21(3)20-10)6-7-18-17(23)12-4-5-15-14(8-12)19-16(22)9-24-15/h4-5,8H,6-7,9H2,1-3H3,(H,18,23)(H,19,22). The summed E-state index contributed by atoms with van der Waals surface area (Å²) >= 11 is 1.48. The van der Waals surface area contributed by atoms with Crippen LogP contribution in [0.2, 0.25) is 0 Å². The fraction of sp³-hybridized carbons (Fsp3) is 0.353. The summed E-state index contributed by atoms with van der Waals surface area (Å²) in [5, 5.41) is 10.1. The van der Waals surface area contributed by atoms with Gasteiger partial charge >= 0.3 is 0 Å². The van der Waals surface area contributed by atoms with Crippen LogP contribution in [0.4, 0.5) is 5.69 Å². The van der Waals surface area contributed by atoms with Crippen molar-refractivity contribution in [2.24, 2.45) is 7.05 Å². The Morgan fingerprint density at radius 2 is 2.21 bits per heavy atom. The SMILES string of the molecule is Cc1nn(C)c(C)c1CCNC(=O)c1ccc2c(c1)NC(=O)CS2. The number of fused-ring (bicyclic) bond motifs is 1. The van der Waals surface area contributed by atoms with Crippen LogP contribution in [0.3, 0.4) is 0 Å². The van der Waals surface area contributed by atoms with Crippen LogP contribution in [0, 0.1) is 13.8 Å². The number of nitrogens with zero attached hydrogens (tertiary/aromatic N) is 2. The molecular formula is C17H20N4O2S. The van der Waals surface area contributed by atoms with E-state index in [0.717, 1.165) is 22.7 Å². The number of thioether (sulfide) groups is 1. The normalized spacial score (nSPS) is 13.4. The van der Waals surface area contributed by atoms with Crippen LogP contribution < -0.4 is 10.6 Å². The molecule has 0 unspecified atom stereocenters. The molecule has 24 heavy (non-hydrogen) atoms. The van der Waals surface area contributed by atoms with Crippen molar-refractivity contribution in [1.82, 2.24) is 15.1 Å². The first-order valence-electron chi connectivity index (χ1n) is 7.79. The molecule has 7 heteroatoms. The maximum Gasteiger partial charge on any atom is 0.251 e. The zero-order valence-electron chi connectivity index (χ0n) is 14.0. The van der Waals surface area contributed by atoms with Crippen LogP contribution in [0.25, 0.3) is 0 Å². The molecule has 1 aliphatic rings. The molecule has 0 saturated carbocycles. The van der Waals surface area contributed by atoms with E-state index in [-0.39, 0.29) is 11.8 Å². The van der Waals surface area contributed by atoms with Crippen LogP contribution in [0.5, 0.6) is 0 Å². The number of benzene rings is 1. The van der Waals surface area contributed by atoms with Crippen molar-refractivity contribution >= 4 is 29.3 Å². The molecule has 0 radical (unpaired) electrons. The van der Waals surface area contributed by atoms with Crippen molar-refractivity contribution in [2.45, 2.75) is 25.2 Å². The Bertz CT molecular complexity index is 813. The van der Waals surface area contributed by atoms with Crippen molar-refractivity contribution < 1.29 is 9.59 Å². The van der Waals surface area contributed by atoms with E-state index in [1.54, 1.807) is 12.1 Å². The minimum Gasteiger partial charge on any atom is -0.352 e. The van der Waals surface area contributed by atoms with Crippen LogP contribution in [-0.4, -0.2) is 33.9 Å². The van der Waals surface area contributed by atoms with Gasteiger partial charge in [0.25, 0.3) is 5.91 Å². The van der Waals surface area contributed by atoms with Gasteiger partial charge in [-0.05, 0) is 44.0 Å². The van der Waals surface area contributed by atoms with Gasteiger partial charge in [-0.1, -0.05) is 0 Å². The number of nitrogens with one attached hydrogen (secondary N) is 2. The summed E-state index contributed by atoms with van der Waals surface area (Å²) in [7, 11) is 1.92. The average Bonchev–Trinajstić information content (AvgIpc) is 2.80. The molecule has 1 aromatic carbocycles. The van der Waals surface area contributed by atoms with Gasteiger partial charge in [-0.3, -0.25) is 14.3 Å². The number of hydrogen-bond acceptors (Lipinski definition) is 4. The van der Waals surface area contributed by atoms with Crippen molar-refractivity contribution in [2.75, 3.05) is 17.6 Å². The van der Waals surface area contributed by atoms with Gasteiger partial charge in [0.05, 0.1) is 17.1 Å². The lowest BCUT2D eigenvalue weighted by Crippen LogP contribution is -2.26. The van der Waals surface area contributed by atoms with Gasteiger partial charge in [-0.15, -0.1) is 11.8 Å². The number of amides is 2. The number of carbonyl (C=O) groups excluding carboxylic acids is 2. The van der Waals surface area contributed by atoms with E-state index in [1.807, 2.05) is 31.6 Å². The third-order valence-corrected chi connectivity index (χ3v) is 5.27. The van der Waals surface area contributed by atoms with Crippen molar-refractivity contribution in [3.05, 3.63) is 40.7 Å². The van der Waals surface area contributed by atoms with Crippen molar-refractivity contribution in [3.8, 4) is 0 Å². The molecule has 6 nitrogen and oxygen atoms in total. The summed E-state index contributed by atoms with van der Waals surface area (Å²) in [5.74, 6) is 0.247. The first-order chi connectivity index (χ1) is 11.5. The van der Waals surface area contributed by atoms with Crippen LogP contribution in [-0.2, 0) is 18.3 Å². The fourth-order valence-corrected chi connectivity index (χ4v) is 3.60. The highest BCUT2D eigenvalue weighted by atomic mass is 32.2. The van der Waals surface area contributed by atoms with Gasteiger partial charge in [0, 0.05) is 29.7 Å². The zero-order chi connectivity index (χ0) is 17.3. The van der Waals surface area contributed by atoms with E-state index in [9.17, 15) is 9.59 Å². The Morgan fingerprint density at radius 1 is 1.42 bits per heavy atom. The third kappa shape index (κ3) is 3.31. The van der Waals surface area contributed by atoms with Gasteiger partial charge in [0.2, 0.25) is 5.91 Å². The molecule has 2 N–H and O–H groups in total. The molecule has 0 atom stereocenters. The smallest absolute Gasteiger partial charge is 0.251 e. The molecule has 1 aliphatic heterocycles. The maximum atomic E-state index is 12.3. The summed E-state index contributed by atoms with van der Waals surface area (Å²) in [4.78, 5) is 24.8. The Hall–Kier alpha value is -2.28. The second-order valence-electron chi connectivity index (χ2n) is 5.83. The number of anilines is 1. The van der Waals surface area contributed by atoms with E-state index >= 15 is 0 Å².